The van der Waals surface area contributed by atoms with Crippen molar-refractivity contribution in [2.24, 2.45) is 5.92 Å². The van der Waals surface area contributed by atoms with Crippen LogP contribution in [0.25, 0.3) is 11.2 Å². The molecule has 0 aliphatic carbocycles. The lowest BCUT2D eigenvalue weighted by atomic mass is 10.2. The van der Waals surface area contributed by atoms with Crippen molar-refractivity contribution in [3.05, 3.63) is 17.3 Å². The van der Waals surface area contributed by atoms with Crippen molar-refractivity contribution in [1.82, 2.24) is 19.5 Å². The summed E-state index contributed by atoms with van der Waals surface area (Å²) in [5, 5.41) is 0.0967. The first kappa shape index (κ1) is 12.2. The molecule has 0 saturated heterocycles. The summed E-state index contributed by atoms with van der Waals surface area (Å²) >= 11 is 5.81. The molecular weight excluding hydrogens is 250 g/mol. The Kier molecular flexibility index (Phi) is 3.24. The van der Waals surface area contributed by atoms with Crippen molar-refractivity contribution in [2.75, 3.05) is 0 Å². The molecule has 4 nitrogen and oxygen atoms in total. The lowest BCUT2D eigenvalue weighted by Gasteiger charge is -2.10. The summed E-state index contributed by atoms with van der Waals surface area (Å²) in [5.41, 5.74) is 0.583. The van der Waals surface area contributed by atoms with Gasteiger partial charge >= 0.3 is 0 Å². The summed E-state index contributed by atoms with van der Waals surface area (Å²) in [7, 11) is 0. The van der Waals surface area contributed by atoms with Gasteiger partial charge in [0.25, 0.3) is 6.43 Å². The second kappa shape index (κ2) is 4.52. The molecule has 2 aromatic rings. The molecule has 2 heterocycles. The van der Waals surface area contributed by atoms with Gasteiger partial charge in [-0.3, -0.25) is 0 Å². The first-order valence-corrected chi connectivity index (χ1v) is 5.53. The first-order chi connectivity index (χ1) is 8.00. The molecule has 0 amide bonds. The van der Waals surface area contributed by atoms with Crippen LogP contribution in [0.15, 0.2) is 6.33 Å². The first-order valence-electron chi connectivity index (χ1n) is 5.15. The van der Waals surface area contributed by atoms with E-state index in [0.717, 1.165) is 0 Å². The van der Waals surface area contributed by atoms with Crippen molar-refractivity contribution in [3.63, 3.8) is 0 Å². The molecule has 0 spiro atoms. The highest BCUT2D eigenvalue weighted by molar-refractivity contribution is 6.33. The van der Waals surface area contributed by atoms with Crippen LogP contribution >= 0.6 is 11.6 Å². The Balaban J connectivity index is 2.67. The molecule has 17 heavy (non-hydrogen) atoms. The predicted octanol–water partition coefficient (Wildman–Crippen LogP) is 3.07. The third-order valence-electron chi connectivity index (χ3n) is 2.26. The average molecular weight is 261 g/mol. The summed E-state index contributed by atoms with van der Waals surface area (Å²) in [6.45, 7) is 4.29. The number of fused-ring (bicyclic) bond motifs is 1. The fourth-order valence-electron chi connectivity index (χ4n) is 1.64. The van der Waals surface area contributed by atoms with E-state index in [1.54, 1.807) is 0 Å². The van der Waals surface area contributed by atoms with Crippen LogP contribution in [0.4, 0.5) is 8.78 Å². The van der Waals surface area contributed by atoms with Crippen LogP contribution in [0.5, 0.6) is 0 Å². The van der Waals surface area contributed by atoms with E-state index in [0.29, 0.717) is 12.2 Å². The zero-order valence-corrected chi connectivity index (χ0v) is 10.1. The molecule has 7 heteroatoms. The van der Waals surface area contributed by atoms with Gasteiger partial charge in [-0.15, -0.1) is 0 Å². The Morgan fingerprint density at radius 3 is 2.65 bits per heavy atom. The molecule has 0 atom stereocenters. The van der Waals surface area contributed by atoms with Crippen LogP contribution in [0.3, 0.4) is 0 Å². The van der Waals surface area contributed by atoms with Crippen LogP contribution in [0.2, 0.25) is 5.15 Å². The van der Waals surface area contributed by atoms with Crippen LogP contribution in [0.1, 0.15) is 26.1 Å². The van der Waals surface area contributed by atoms with Gasteiger partial charge in [-0.2, -0.15) is 0 Å². The number of hydrogen-bond acceptors (Lipinski definition) is 3. The predicted molar refractivity (Wildman–Crippen MR) is 60.1 cm³/mol. The second-order valence-corrected chi connectivity index (χ2v) is 4.47. The molecule has 2 aromatic heterocycles. The van der Waals surface area contributed by atoms with Crippen molar-refractivity contribution in [3.8, 4) is 0 Å². The fourth-order valence-corrected chi connectivity index (χ4v) is 1.81. The number of nitrogens with zero attached hydrogens (tertiary/aromatic N) is 4. The smallest absolute Gasteiger partial charge is 0.295 e. The maximum absolute atomic E-state index is 12.9. The van der Waals surface area contributed by atoms with E-state index < -0.39 is 6.43 Å². The zero-order valence-electron chi connectivity index (χ0n) is 9.36. The molecular formula is C10H11ClF2N4. The zero-order chi connectivity index (χ0) is 12.6. The largest absolute Gasteiger partial charge is 0.307 e. The Bertz CT molecular complexity index is 538. The highest BCUT2D eigenvalue weighted by atomic mass is 35.5. The van der Waals surface area contributed by atoms with Gasteiger partial charge in [-0.05, 0) is 5.92 Å². The number of hydrogen-bond donors (Lipinski definition) is 0. The molecule has 0 N–H and O–H groups in total. The van der Waals surface area contributed by atoms with Gasteiger partial charge in [0.1, 0.15) is 11.8 Å². The average Bonchev–Trinajstić information content (AvgIpc) is 2.58. The molecule has 0 radical (unpaired) electrons. The van der Waals surface area contributed by atoms with Gasteiger partial charge in [-0.1, -0.05) is 25.4 Å². The third kappa shape index (κ3) is 2.22. The lowest BCUT2D eigenvalue weighted by molar-refractivity contribution is 0.135. The van der Waals surface area contributed by atoms with Crippen LogP contribution in [0, 0.1) is 5.92 Å². The van der Waals surface area contributed by atoms with Crippen molar-refractivity contribution in [2.45, 2.75) is 26.8 Å². The van der Waals surface area contributed by atoms with E-state index in [9.17, 15) is 8.78 Å². The summed E-state index contributed by atoms with van der Waals surface area (Å²) in [6, 6.07) is 0. The van der Waals surface area contributed by atoms with Crippen LogP contribution in [-0.4, -0.2) is 19.5 Å². The Morgan fingerprint density at radius 2 is 2.06 bits per heavy atom. The molecule has 92 valence electrons. The van der Waals surface area contributed by atoms with Gasteiger partial charge in [0.2, 0.25) is 0 Å². The summed E-state index contributed by atoms with van der Waals surface area (Å²) in [4.78, 5) is 11.5. The maximum Gasteiger partial charge on any atom is 0.295 e. The maximum atomic E-state index is 12.9. The normalized spacial score (nSPS) is 11.9. The number of alkyl halides is 2. The minimum absolute atomic E-state index is 0.0967. The SMILES string of the molecule is CC(C)Cn1c(C(F)F)nc2c(Cl)ncnc21. The molecule has 0 aromatic carbocycles. The van der Waals surface area contributed by atoms with Crippen molar-refractivity contribution >= 4 is 22.8 Å². The third-order valence-corrected chi connectivity index (χ3v) is 2.54. The van der Waals surface area contributed by atoms with E-state index in [-0.39, 0.29) is 22.4 Å². The quantitative estimate of drug-likeness (QED) is 0.797. The highest BCUT2D eigenvalue weighted by Gasteiger charge is 2.21. The number of halogens is 3. The monoisotopic (exact) mass is 260 g/mol. The fraction of sp³-hybridized carbons (Fsp3) is 0.500. The summed E-state index contributed by atoms with van der Waals surface area (Å²) < 4.78 is 27.1. The molecule has 0 aliphatic heterocycles. The van der Waals surface area contributed by atoms with Crippen molar-refractivity contribution in [1.29, 1.82) is 0 Å². The molecule has 2 rings (SSSR count). The van der Waals surface area contributed by atoms with Crippen LogP contribution in [-0.2, 0) is 6.54 Å². The van der Waals surface area contributed by atoms with E-state index in [1.807, 2.05) is 13.8 Å². The van der Waals surface area contributed by atoms with Gasteiger partial charge in [-0.25, -0.2) is 23.7 Å². The van der Waals surface area contributed by atoms with E-state index in [4.69, 9.17) is 11.6 Å². The Hall–Kier alpha value is -1.30. The summed E-state index contributed by atoms with van der Waals surface area (Å²) in [6.07, 6.45) is -1.41. The minimum Gasteiger partial charge on any atom is -0.307 e. The molecule has 0 saturated carbocycles. The molecule has 0 unspecified atom stereocenters. The Morgan fingerprint density at radius 1 is 1.35 bits per heavy atom. The lowest BCUT2D eigenvalue weighted by Crippen LogP contribution is -2.09. The minimum atomic E-state index is -2.65. The molecule has 0 aliphatic rings. The number of imidazole rings is 1. The standard InChI is InChI=1S/C10H11ClF2N4/c1-5(2)3-17-9-6(7(11)14-4-15-9)16-10(17)8(12)13/h4-5,8H,3H2,1-2H3. The Labute approximate surface area is 102 Å². The highest BCUT2D eigenvalue weighted by Crippen LogP contribution is 2.26. The van der Waals surface area contributed by atoms with Crippen LogP contribution < -0.4 is 0 Å². The number of rotatable bonds is 3. The van der Waals surface area contributed by atoms with Gasteiger partial charge < -0.3 is 4.57 Å². The van der Waals surface area contributed by atoms with E-state index in [1.165, 1.54) is 10.9 Å². The van der Waals surface area contributed by atoms with Crippen molar-refractivity contribution < 1.29 is 8.78 Å². The van der Waals surface area contributed by atoms with E-state index in [2.05, 4.69) is 15.0 Å². The van der Waals surface area contributed by atoms with Gasteiger partial charge in [0, 0.05) is 6.54 Å². The molecule has 0 bridgehead atoms. The number of aromatic nitrogens is 4. The molecule has 0 fully saturated rings. The van der Waals surface area contributed by atoms with Gasteiger partial charge in [0.15, 0.2) is 16.6 Å². The van der Waals surface area contributed by atoms with Gasteiger partial charge in [0.05, 0.1) is 0 Å². The summed E-state index contributed by atoms with van der Waals surface area (Å²) in [5.74, 6) is -0.102. The van der Waals surface area contributed by atoms with E-state index >= 15 is 0 Å². The second-order valence-electron chi connectivity index (χ2n) is 4.11. The topological polar surface area (TPSA) is 43.6 Å².